The summed E-state index contributed by atoms with van der Waals surface area (Å²) in [5, 5.41) is 10.3. The number of anilines is 2. The molecule has 0 unspecified atom stereocenters. The Morgan fingerprint density at radius 3 is 2.07 bits per heavy atom. The van der Waals surface area contributed by atoms with Crippen molar-refractivity contribution >= 4 is 17.8 Å². The minimum absolute atomic E-state index is 0.106. The Morgan fingerprint density at radius 1 is 0.900 bits per heavy atom. The predicted molar refractivity (Wildman–Crippen MR) is 106 cm³/mol. The molecule has 0 aliphatic heterocycles. The third kappa shape index (κ3) is 4.52. The summed E-state index contributed by atoms with van der Waals surface area (Å²) in [6, 6.07) is 15.1. The minimum atomic E-state index is -0.496. The fourth-order valence-electron chi connectivity index (χ4n) is 2.71. The number of nitrogens with zero attached hydrogens (tertiary/aromatic N) is 3. The molecule has 2 N–H and O–H groups in total. The van der Waals surface area contributed by atoms with Crippen molar-refractivity contribution in [3.05, 3.63) is 95.4 Å². The van der Waals surface area contributed by atoms with Crippen LogP contribution >= 0.6 is 0 Å². The lowest BCUT2D eigenvalue weighted by molar-refractivity contribution is 0.0920. The number of carbonyl (C=O) groups excluding carboxylic acids is 1. The van der Waals surface area contributed by atoms with Gasteiger partial charge in [-0.05, 0) is 47.5 Å². The topological polar surface area (TPSA) is 85.0 Å². The average molecular weight is 409 g/mol. The van der Waals surface area contributed by atoms with E-state index in [0.29, 0.717) is 13.1 Å². The fraction of sp³-hybridized carbons (Fsp3) is 0.0952. The van der Waals surface area contributed by atoms with Crippen molar-refractivity contribution in [1.29, 1.82) is 0 Å². The molecule has 0 atom stereocenters. The summed E-state index contributed by atoms with van der Waals surface area (Å²) in [6.45, 7) is 0.651. The first-order chi connectivity index (χ1) is 14.6. The van der Waals surface area contributed by atoms with Crippen LogP contribution in [0, 0.1) is 11.6 Å². The molecule has 4 aromatic rings. The first-order valence-electron chi connectivity index (χ1n) is 9.10. The largest absolute Gasteiger partial charge is 0.459 e. The second-order valence-corrected chi connectivity index (χ2v) is 6.41. The lowest BCUT2D eigenvalue weighted by atomic mass is 10.2. The lowest BCUT2D eigenvalue weighted by Crippen LogP contribution is -2.17. The van der Waals surface area contributed by atoms with E-state index in [-0.39, 0.29) is 29.3 Å². The Hall–Kier alpha value is -4.01. The summed E-state index contributed by atoms with van der Waals surface area (Å²) in [7, 11) is 0. The molecule has 0 amide bonds. The van der Waals surface area contributed by atoms with Gasteiger partial charge in [0.1, 0.15) is 11.6 Å². The van der Waals surface area contributed by atoms with E-state index in [2.05, 4.69) is 20.7 Å². The van der Waals surface area contributed by atoms with E-state index in [1.54, 1.807) is 30.3 Å². The molecule has 2 aromatic carbocycles. The maximum absolute atomic E-state index is 13.1. The molecule has 0 saturated carbocycles. The van der Waals surface area contributed by atoms with Crippen LogP contribution < -0.4 is 10.6 Å². The number of aromatic nitrogens is 3. The second-order valence-electron chi connectivity index (χ2n) is 6.41. The summed E-state index contributed by atoms with van der Waals surface area (Å²) in [5.41, 5.74) is 1.63. The number of hydrogen-bond donors (Lipinski definition) is 2. The maximum Gasteiger partial charge on any atom is 0.317 e. The van der Waals surface area contributed by atoms with Gasteiger partial charge in [0.2, 0.25) is 11.9 Å². The standard InChI is InChI=1S/C21H17F2N5O2/c22-16-7-3-14(4-8-16)12-24-20-26-21(25-13-15-5-9-17(23)10-6-15)28(27-20)19(29)18-2-1-11-30-18/h1-11H,12-13H2,(H2,24,25,26,27). The molecular weight excluding hydrogens is 392 g/mol. The van der Waals surface area contributed by atoms with Crippen LogP contribution in [-0.4, -0.2) is 20.7 Å². The normalized spacial score (nSPS) is 10.7. The first kappa shape index (κ1) is 19.3. The minimum Gasteiger partial charge on any atom is -0.459 e. The van der Waals surface area contributed by atoms with Crippen LogP contribution in [0.2, 0.25) is 0 Å². The van der Waals surface area contributed by atoms with Gasteiger partial charge in [0.05, 0.1) is 6.26 Å². The molecule has 4 rings (SSSR count). The number of furan rings is 1. The molecule has 0 radical (unpaired) electrons. The van der Waals surface area contributed by atoms with Gasteiger partial charge in [-0.25, -0.2) is 8.78 Å². The zero-order chi connectivity index (χ0) is 20.9. The lowest BCUT2D eigenvalue weighted by Gasteiger charge is -2.06. The summed E-state index contributed by atoms with van der Waals surface area (Å²) >= 11 is 0. The Bertz CT molecular complexity index is 1120. The van der Waals surface area contributed by atoms with Crippen LogP contribution in [0.25, 0.3) is 0 Å². The number of hydrogen-bond acceptors (Lipinski definition) is 6. The number of rotatable bonds is 7. The predicted octanol–water partition coefficient (Wildman–Crippen LogP) is 4.06. The van der Waals surface area contributed by atoms with Crippen molar-refractivity contribution in [3.63, 3.8) is 0 Å². The van der Waals surface area contributed by atoms with Gasteiger partial charge in [0.15, 0.2) is 5.76 Å². The van der Waals surface area contributed by atoms with Gasteiger partial charge in [-0.3, -0.25) is 4.79 Å². The fourth-order valence-corrected chi connectivity index (χ4v) is 2.71. The highest BCUT2D eigenvalue weighted by Gasteiger charge is 2.20. The van der Waals surface area contributed by atoms with E-state index >= 15 is 0 Å². The molecule has 0 fully saturated rings. The summed E-state index contributed by atoms with van der Waals surface area (Å²) in [4.78, 5) is 17.0. The van der Waals surface area contributed by atoms with Crippen molar-refractivity contribution in [2.24, 2.45) is 0 Å². The molecule has 152 valence electrons. The molecule has 9 heteroatoms. The smallest absolute Gasteiger partial charge is 0.317 e. The van der Waals surface area contributed by atoms with Gasteiger partial charge in [-0.15, -0.1) is 5.10 Å². The Morgan fingerprint density at radius 2 is 1.50 bits per heavy atom. The van der Waals surface area contributed by atoms with Crippen LogP contribution in [-0.2, 0) is 13.1 Å². The summed E-state index contributed by atoms with van der Waals surface area (Å²) in [6.07, 6.45) is 1.39. The van der Waals surface area contributed by atoms with Gasteiger partial charge >= 0.3 is 5.91 Å². The molecule has 0 aliphatic carbocycles. The van der Waals surface area contributed by atoms with Crippen molar-refractivity contribution in [2.45, 2.75) is 13.1 Å². The highest BCUT2D eigenvalue weighted by atomic mass is 19.1. The van der Waals surface area contributed by atoms with Crippen LogP contribution in [0.1, 0.15) is 21.7 Å². The first-order valence-corrected chi connectivity index (χ1v) is 9.10. The monoisotopic (exact) mass is 409 g/mol. The van der Waals surface area contributed by atoms with Crippen molar-refractivity contribution < 1.29 is 18.0 Å². The molecule has 2 aromatic heterocycles. The highest BCUT2D eigenvalue weighted by Crippen LogP contribution is 2.15. The zero-order valence-corrected chi connectivity index (χ0v) is 15.7. The molecule has 30 heavy (non-hydrogen) atoms. The number of halogens is 2. The quantitative estimate of drug-likeness (QED) is 0.479. The Labute approximate surface area is 170 Å². The van der Waals surface area contributed by atoms with Gasteiger partial charge in [0.25, 0.3) is 0 Å². The van der Waals surface area contributed by atoms with E-state index in [0.717, 1.165) is 15.8 Å². The third-order valence-electron chi connectivity index (χ3n) is 4.26. The SMILES string of the molecule is O=C(c1ccco1)n1nc(NCc2ccc(F)cc2)nc1NCc1ccc(F)cc1. The molecule has 0 spiro atoms. The van der Waals surface area contributed by atoms with Gasteiger partial charge in [-0.1, -0.05) is 24.3 Å². The molecule has 0 aliphatic rings. The van der Waals surface area contributed by atoms with Crippen LogP contribution in [0.3, 0.4) is 0 Å². The molecule has 0 saturated heterocycles. The number of carbonyl (C=O) groups is 1. The second kappa shape index (κ2) is 8.56. The highest BCUT2D eigenvalue weighted by molar-refractivity contribution is 5.94. The van der Waals surface area contributed by atoms with E-state index in [1.807, 2.05) is 0 Å². The Kier molecular flexibility index (Phi) is 5.51. The van der Waals surface area contributed by atoms with Gasteiger partial charge in [0, 0.05) is 13.1 Å². The van der Waals surface area contributed by atoms with E-state index in [9.17, 15) is 13.6 Å². The number of benzene rings is 2. The average Bonchev–Trinajstić information content (AvgIpc) is 3.43. The zero-order valence-electron chi connectivity index (χ0n) is 15.7. The van der Waals surface area contributed by atoms with E-state index in [1.165, 1.54) is 36.6 Å². The summed E-state index contributed by atoms with van der Waals surface area (Å²) < 4.78 is 32.4. The van der Waals surface area contributed by atoms with Gasteiger partial charge < -0.3 is 15.1 Å². The van der Waals surface area contributed by atoms with Crippen LogP contribution in [0.15, 0.2) is 71.3 Å². The molecule has 2 heterocycles. The van der Waals surface area contributed by atoms with E-state index < -0.39 is 5.91 Å². The van der Waals surface area contributed by atoms with Crippen LogP contribution in [0.4, 0.5) is 20.7 Å². The number of nitrogens with one attached hydrogen (secondary N) is 2. The van der Waals surface area contributed by atoms with Crippen molar-refractivity contribution in [2.75, 3.05) is 10.6 Å². The van der Waals surface area contributed by atoms with Gasteiger partial charge in [-0.2, -0.15) is 9.67 Å². The van der Waals surface area contributed by atoms with Crippen molar-refractivity contribution in [1.82, 2.24) is 14.8 Å². The van der Waals surface area contributed by atoms with E-state index in [4.69, 9.17) is 4.42 Å². The maximum atomic E-state index is 13.1. The van der Waals surface area contributed by atoms with Crippen molar-refractivity contribution in [3.8, 4) is 0 Å². The summed E-state index contributed by atoms with van der Waals surface area (Å²) in [5.74, 6) is -0.637. The molecule has 0 bridgehead atoms. The third-order valence-corrected chi connectivity index (χ3v) is 4.26. The molecular formula is C21H17F2N5O2. The Balaban J connectivity index is 1.53. The molecule has 7 nitrogen and oxygen atoms in total. The van der Waals surface area contributed by atoms with Crippen LogP contribution in [0.5, 0.6) is 0 Å².